The Morgan fingerprint density at radius 3 is 2.00 bits per heavy atom. The SMILES string of the molecule is CC/C=C\C/C=C\C/C=C\C/C=C\C/C=C\CCCCCC(=O)OC[C@H](COP(=O)(O)OCC[N+](C)(C)C)OC(=O)CCC/C=C\C[C@H]1[C@@H](O)CC(=O)[C@@H]1/C=C/[C@@H](O)CCCCC. The molecule has 63 heavy (non-hydrogen) atoms. The molecule has 1 saturated carbocycles. The Bertz CT molecular complexity index is 1510. The van der Waals surface area contributed by atoms with Crippen molar-refractivity contribution in [1.29, 1.82) is 0 Å². The number of hydrogen-bond donors (Lipinski definition) is 3. The van der Waals surface area contributed by atoms with Crippen molar-refractivity contribution < 1.29 is 57.1 Å². The lowest BCUT2D eigenvalue weighted by Crippen LogP contribution is -2.37. The van der Waals surface area contributed by atoms with Gasteiger partial charge in [-0.25, -0.2) is 4.57 Å². The van der Waals surface area contributed by atoms with Crippen LogP contribution in [0.3, 0.4) is 0 Å². The molecule has 0 radical (unpaired) electrons. The number of hydrogen-bond acceptors (Lipinski definition) is 10. The number of phosphoric ester groups is 1. The van der Waals surface area contributed by atoms with Crippen LogP contribution in [0.4, 0.5) is 0 Å². The summed E-state index contributed by atoms with van der Waals surface area (Å²) in [5.41, 5.74) is 0. The van der Waals surface area contributed by atoms with Gasteiger partial charge in [0.1, 0.15) is 25.5 Å². The Balaban J connectivity index is 2.51. The molecule has 0 amide bonds. The molecule has 0 heterocycles. The Morgan fingerprint density at radius 2 is 1.37 bits per heavy atom. The quantitative estimate of drug-likeness (QED) is 0.0179. The highest BCUT2D eigenvalue weighted by Gasteiger charge is 2.39. The van der Waals surface area contributed by atoms with Gasteiger partial charge in [-0.15, -0.1) is 0 Å². The average Bonchev–Trinajstić information content (AvgIpc) is 3.50. The van der Waals surface area contributed by atoms with Crippen LogP contribution in [-0.2, 0) is 37.5 Å². The van der Waals surface area contributed by atoms with Crippen LogP contribution in [-0.4, -0.2) is 103 Å². The van der Waals surface area contributed by atoms with Gasteiger partial charge in [0.25, 0.3) is 0 Å². The van der Waals surface area contributed by atoms with Crippen molar-refractivity contribution in [2.75, 3.05) is 47.5 Å². The Kier molecular flexibility index (Phi) is 33.1. The van der Waals surface area contributed by atoms with Crippen molar-refractivity contribution >= 4 is 25.5 Å². The molecule has 13 heteroatoms. The van der Waals surface area contributed by atoms with Crippen LogP contribution < -0.4 is 0 Å². The van der Waals surface area contributed by atoms with Crippen LogP contribution in [0.5, 0.6) is 0 Å². The van der Waals surface area contributed by atoms with E-state index in [1.807, 2.05) is 33.3 Å². The summed E-state index contributed by atoms with van der Waals surface area (Å²) in [4.78, 5) is 48.2. The maximum Gasteiger partial charge on any atom is 0.472 e. The fourth-order valence-electron chi connectivity index (χ4n) is 6.55. The number of nitrogens with zero attached hydrogens (tertiary/aromatic N) is 1. The molecule has 358 valence electrons. The molecule has 0 aromatic carbocycles. The molecule has 0 bridgehead atoms. The van der Waals surface area contributed by atoms with Crippen LogP contribution in [0.15, 0.2) is 85.1 Å². The van der Waals surface area contributed by atoms with E-state index >= 15 is 0 Å². The molecule has 0 aromatic rings. The van der Waals surface area contributed by atoms with E-state index < -0.39 is 50.6 Å². The van der Waals surface area contributed by atoms with Gasteiger partial charge in [0.2, 0.25) is 0 Å². The zero-order valence-electron chi connectivity index (χ0n) is 39.2. The summed E-state index contributed by atoms with van der Waals surface area (Å²) in [6.07, 6.45) is 40.0. The average molecular weight is 905 g/mol. The van der Waals surface area contributed by atoms with Gasteiger partial charge >= 0.3 is 19.8 Å². The van der Waals surface area contributed by atoms with Gasteiger partial charge in [-0.05, 0) is 77.0 Å². The van der Waals surface area contributed by atoms with Gasteiger partial charge in [-0.2, -0.15) is 0 Å². The van der Waals surface area contributed by atoms with Gasteiger partial charge in [0.15, 0.2) is 6.10 Å². The smallest absolute Gasteiger partial charge is 0.462 e. The first kappa shape index (κ1) is 57.8. The fraction of sp³-hybridized carbons (Fsp3) is 0.660. The zero-order chi connectivity index (χ0) is 46.6. The van der Waals surface area contributed by atoms with Crippen LogP contribution in [0.25, 0.3) is 0 Å². The Hall–Kier alpha value is -3.22. The summed E-state index contributed by atoms with van der Waals surface area (Å²) in [5, 5.41) is 20.8. The molecule has 0 spiro atoms. The van der Waals surface area contributed by atoms with Crippen LogP contribution in [0, 0.1) is 11.8 Å². The molecule has 1 rings (SSSR count). The first-order valence-electron chi connectivity index (χ1n) is 23.4. The molecular weight excluding hydrogens is 822 g/mol. The van der Waals surface area contributed by atoms with Gasteiger partial charge in [0, 0.05) is 31.1 Å². The summed E-state index contributed by atoms with van der Waals surface area (Å²) in [7, 11) is 1.28. The molecule has 1 aliphatic carbocycles. The van der Waals surface area contributed by atoms with Crippen molar-refractivity contribution in [1.82, 2.24) is 0 Å². The molecule has 0 aromatic heterocycles. The molecule has 12 nitrogen and oxygen atoms in total. The van der Waals surface area contributed by atoms with Crippen molar-refractivity contribution in [2.45, 2.75) is 154 Å². The normalized spacial score (nSPS) is 19.6. The second kappa shape index (κ2) is 36.1. The van der Waals surface area contributed by atoms with Crippen molar-refractivity contribution in [3.63, 3.8) is 0 Å². The van der Waals surface area contributed by atoms with Crippen LogP contribution in [0.2, 0.25) is 0 Å². The lowest BCUT2D eigenvalue weighted by Gasteiger charge is -2.24. The van der Waals surface area contributed by atoms with Gasteiger partial charge in [0.05, 0.1) is 40.0 Å². The van der Waals surface area contributed by atoms with E-state index in [4.69, 9.17) is 18.5 Å². The van der Waals surface area contributed by atoms with Crippen molar-refractivity contribution in [3.8, 4) is 0 Å². The highest BCUT2D eigenvalue weighted by molar-refractivity contribution is 7.47. The predicted octanol–water partition coefficient (Wildman–Crippen LogP) is 10.2. The van der Waals surface area contributed by atoms with Crippen molar-refractivity contribution in [3.05, 3.63) is 85.1 Å². The monoisotopic (exact) mass is 905 g/mol. The minimum Gasteiger partial charge on any atom is -0.462 e. The third-order valence-corrected chi connectivity index (χ3v) is 11.3. The third-order valence-electron chi connectivity index (χ3n) is 10.3. The molecule has 0 aliphatic heterocycles. The van der Waals surface area contributed by atoms with Crippen LogP contribution >= 0.6 is 7.82 Å². The summed E-state index contributed by atoms with van der Waals surface area (Å²) >= 11 is 0. The van der Waals surface area contributed by atoms with Gasteiger partial charge in [-0.3, -0.25) is 23.4 Å². The highest BCUT2D eigenvalue weighted by Crippen LogP contribution is 2.43. The topological polar surface area (TPSA) is 166 Å². The standard InChI is InChI=1S/C50H82NO11P/c1-6-8-10-11-12-13-14-15-16-17-18-19-20-21-22-23-24-25-30-34-49(55)59-41-44(42-61-63(57,58)60-39-38-51(3,4)5)62-50(56)35-31-27-26-29-33-45-46(48(54)40-47(45)53)37-36-43(52)32-28-9-7-2/h8,10,12-13,15-16,18-19,21-22,26,29,36-37,43-47,52-53H,6-7,9,11,14,17,20,23-25,27-28,30-35,38-42H2,1-5H3/p+1/b10-8-,13-12-,16-15-,19-18-,22-21-,29-26-,37-36+/t43-,44+,45+,46+,47-/m0/s1. The molecule has 1 unspecified atom stereocenters. The predicted molar refractivity (Wildman–Crippen MR) is 253 cm³/mol. The minimum absolute atomic E-state index is 0.0268. The number of carbonyl (C=O) groups is 3. The number of phosphoric acid groups is 1. The highest BCUT2D eigenvalue weighted by atomic mass is 31.2. The number of rotatable bonds is 37. The van der Waals surface area contributed by atoms with E-state index in [0.29, 0.717) is 43.1 Å². The number of carbonyl (C=O) groups excluding carboxylic acids is 3. The summed E-state index contributed by atoms with van der Waals surface area (Å²) in [6.45, 7) is 3.83. The molecule has 1 fully saturated rings. The van der Waals surface area contributed by atoms with E-state index in [1.54, 1.807) is 12.2 Å². The third kappa shape index (κ3) is 33.0. The largest absolute Gasteiger partial charge is 0.472 e. The number of aliphatic hydroxyl groups excluding tert-OH is 2. The molecule has 6 atom stereocenters. The Labute approximate surface area is 380 Å². The molecule has 3 N–H and O–H groups in total. The second-order valence-corrected chi connectivity index (χ2v) is 18.6. The van der Waals surface area contributed by atoms with Gasteiger partial charge in [-0.1, -0.05) is 125 Å². The fourth-order valence-corrected chi connectivity index (χ4v) is 7.29. The molecule has 1 aliphatic rings. The summed E-state index contributed by atoms with van der Waals surface area (Å²) < 4.78 is 34.2. The van der Waals surface area contributed by atoms with Crippen molar-refractivity contribution in [2.24, 2.45) is 11.8 Å². The lowest BCUT2D eigenvalue weighted by molar-refractivity contribution is -0.870. The number of ether oxygens (including phenoxy) is 2. The molecule has 0 saturated heterocycles. The van der Waals surface area contributed by atoms with E-state index in [2.05, 4.69) is 74.6 Å². The summed E-state index contributed by atoms with van der Waals surface area (Å²) in [6, 6.07) is 0. The van der Waals surface area contributed by atoms with E-state index in [9.17, 15) is 34.1 Å². The maximum atomic E-state index is 12.8. The maximum absolute atomic E-state index is 12.8. The Morgan fingerprint density at radius 1 is 0.762 bits per heavy atom. The number of ketones is 1. The first-order valence-corrected chi connectivity index (χ1v) is 24.9. The minimum atomic E-state index is -4.47. The zero-order valence-corrected chi connectivity index (χ0v) is 40.1. The first-order chi connectivity index (χ1) is 30.2. The lowest BCUT2D eigenvalue weighted by atomic mass is 9.90. The number of likely N-dealkylation sites (N-methyl/N-ethyl adjacent to an activating group) is 1. The number of allylic oxidation sites excluding steroid dienone is 13. The van der Waals surface area contributed by atoms with Gasteiger partial charge < -0.3 is 29.1 Å². The molecular formula is C50H83NO11P+. The number of quaternary nitrogens is 1. The van der Waals surface area contributed by atoms with E-state index in [0.717, 1.165) is 70.6 Å². The number of unbranched alkanes of at least 4 members (excludes halogenated alkanes) is 6. The number of aliphatic hydroxyl groups is 2. The number of esters is 2. The van der Waals surface area contributed by atoms with E-state index in [1.165, 1.54) is 0 Å². The summed E-state index contributed by atoms with van der Waals surface area (Å²) in [5.74, 6) is -1.81. The van der Waals surface area contributed by atoms with Crippen LogP contribution in [0.1, 0.15) is 136 Å². The number of Topliss-reactive ketones (excluding diaryl/α,β-unsaturated/α-hetero) is 1. The second-order valence-electron chi connectivity index (χ2n) is 17.2. The van der Waals surface area contributed by atoms with E-state index in [-0.39, 0.29) is 44.2 Å².